The van der Waals surface area contributed by atoms with Crippen LogP contribution in [0.15, 0.2) is 48.7 Å². The van der Waals surface area contributed by atoms with Crippen LogP contribution < -0.4 is 5.32 Å². The van der Waals surface area contributed by atoms with E-state index >= 15 is 0 Å². The number of rotatable bonds is 4. The van der Waals surface area contributed by atoms with E-state index in [1.54, 1.807) is 10.9 Å². The van der Waals surface area contributed by atoms with Crippen LogP contribution in [0.25, 0.3) is 5.82 Å². The van der Waals surface area contributed by atoms with Crippen molar-refractivity contribution in [2.75, 3.05) is 19.6 Å². The number of piperazine rings is 1. The van der Waals surface area contributed by atoms with E-state index in [-0.39, 0.29) is 11.9 Å². The zero-order valence-electron chi connectivity index (χ0n) is 17.2. The molecule has 1 atom stereocenters. The molecule has 0 bridgehead atoms. The van der Waals surface area contributed by atoms with Crippen molar-refractivity contribution < 1.29 is 4.79 Å². The van der Waals surface area contributed by atoms with Crippen LogP contribution >= 0.6 is 0 Å². The highest BCUT2D eigenvalue weighted by Crippen LogP contribution is 2.25. The van der Waals surface area contributed by atoms with E-state index in [0.717, 1.165) is 42.3 Å². The van der Waals surface area contributed by atoms with Crippen molar-refractivity contribution in [3.63, 3.8) is 0 Å². The van der Waals surface area contributed by atoms with Gasteiger partial charge in [-0.3, -0.25) is 4.79 Å². The number of carbonyl (C=O) groups excluding carboxylic acids is 1. The summed E-state index contributed by atoms with van der Waals surface area (Å²) in [5, 5.41) is 7.88. The Morgan fingerprint density at radius 2 is 1.97 bits per heavy atom. The minimum absolute atomic E-state index is 0.0171. The van der Waals surface area contributed by atoms with Gasteiger partial charge in [-0.1, -0.05) is 31.2 Å². The molecule has 0 spiro atoms. The van der Waals surface area contributed by atoms with Gasteiger partial charge in [0, 0.05) is 31.5 Å². The Morgan fingerprint density at radius 1 is 1.17 bits per heavy atom. The normalized spacial score (nSPS) is 16.8. The van der Waals surface area contributed by atoms with Crippen LogP contribution in [0, 0.1) is 13.8 Å². The van der Waals surface area contributed by atoms with Crippen LogP contribution in [-0.4, -0.2) is 45.2 Å². The Kier molecular flexibility index (Phi) is 5.45. The largest absolute Gasteiger partial charge is 0.329 e. The summed E-state index contributed by atoms with van der Waals surface area (Å²) < 4.78 is 1.80. The van der Waals surface area contributed by atoms with Crippen molar-refractivity contribution in [2.24, 2.45) is 0 Å². The van der Waals surface area contributed by atoms with E-state index in [0.29, 0.717) is 12.1 Å². The summed E-state index contributed by atoms with van der Waals surface area (Å²) >= 11 is 0. The molecule has 1 aliphatic rings. The fraction of sp³-hybridized carbons (Fsp3) is 0.348. The van der Waals surface area contributed by atoms with E-state index in [9.17, 15) is 4.79 Å². The van der Waals surface area contributed by atoms with Crippen LogP contribution in [0.1, 0.15) is 45.8 Å². The molecule has 2 aromatic heterocycles. The lowest BCUT2D eigenvalue weighted by molar-refractivity contribution is 0.0634. The van der Waals surface area contributed by atoms with Gasteiger partial charge < -0.3 is 10.2 Å². The molecule has 4 rings (SSSR count). The van der Waals surface area contributed by atoms with Gasteiger partial charge in [0.25, 0.3) is 5.91 Å². The van der Waals surface area contributed by atoms with Crippen molar-refractivity contribution in [1.29, 1.82) is 0 Å². The van der Waals surface area contributed by atoms with E-state index in [4.69, 9.17) is 0 Å². The Balaban J connectivity index is 1.57. The Bertz CT molecular complexity index is 991. The summed E-state index contributed by atoms with van der Waals surface area (Å²) in [7, 11) is 0. The summed E-state index contributed by atoms with van der Waals surface area (Å²) in [6, 6.07) is 14.3. The first kappa shape index (κ1) is 19.3. The maximum Gasteiger partial charge on any atom is 0.256 e. The number of hydrogen-bond donors (Lipinski definition) is 1. The molecule has 3 aromatic rings. The molecule has 1 fully saturated rings. The van der Waals surface area contributed by atoms with Crippen LogP contribution in [-0.2, 0) is 6.42 Å². The third-order valence-electron chi connectivity index (χ3n) is 5.50. The van der Waals surface area contributed by atoms with E-state index in [1.165, 1.54) is 5.56 Å². The van der Waals surface area contributed by atoms with Crippen LogP contribution in [0.4, 0.5) is 0 Å². The average Bonchev–Trinajstić information content (AvgIpc) is 3.11. The molecule has 0 radical (unpaired) electrons. The van der Waals surface area contributed by atoms with Crippen LogP contribution in [0.2, 0.25) is 0 Å². The highest BCUT2D eigenvalue weighted by molar-refractivity contribution is 5.94. The van der Waals surface area contributed by atoms with Gasteiger partial charge in [0.15, 0.2) is 5.82 Å². The number of carbonyl (C=O) groups is 1. The van der Waals surface area contributed by atoms with Crippen molar-refractivity contribution in [3.05, 3.63) is 76.7 Å². The van der Waals surface area contributed by atoms with Crippen molar-refractivity contribution in [1.82, 2.24) is 25.0 Å². The third-order valence-corrected chi connectivity index (χ3v) is 5.50. The molecular formula is C23H27N5O. The van der Waals surface area contributed by atoms with Gasteiger partial charge in [0.2, 0.25) is 0 Å². The Hall–Kier alpha value is -2.99. The minimum atomic E-state index is 0.0171. The molecule has 6 heteroatoms. The fourth-order valence-electron chi connectivity index (χ4n) is 3.89. The molecule has 29 heavy (non-hydrogen) atoms. The average molecular weight is 390 g/mol. The monoisotopic (exact) mass is 389 g/mol. The molecule has 3 heterocycles. The van der Waals surface area contributed by atoms with Gasteiger partial charge in [-0.25, -0.2) is 9.67 Å². The molecule has 0 saturated carbocycles. The van der Waals surface area contributed by atoms with Gasteiger partial charge in [-0.05, 0) is 49.6 Å². The molecule has 6 nitrogen and oxygen atoms in total. The summed E-state index contributed by atoms with van der Waals surface area (Å²) in [5.74, 6) is 0.739. The highest BCUT2D eigenvalue weighted by Gasteiger charge is 2.28. The van der Waals surface area contributed by atoms with E-state index in [2.05, 4.69) is 46.6 Å². The standard InChI is InChI=1S/C23H27N5O/c1-4-18-5-7-19(8-6-18)21-15-24-11-12-27(21)23(29)20-9-10-22(25-14-20)28-17(3)13-16(2)26-28/h5-10,13-14,21,24H,4,11-12,15H2,1-3H3. The second-order valence-corrected chi connectivity index (χ2v) is 7.56. The fourth-order valence-corrected chi connectivity index (χ4v) is 3.89. The smallest absolute Gasteiger partial charge is 0.256 e. The molecule has 0 aliphatic carbocycles. The van der Waals surface area contributed by atoms with Gasteiger partial charge in [-0.15, -0.1) is 0 Å². The highest BCUT2D eigenvalue weighted by atomic mass is 16.2. The molecule has 1 aromatic carbocycles. The number of aromatic nitrogens is 3. The van der Waals surface area contributed by atoms with Crippen LogP contribution in [0.5, 0.6) is 0 Å². The molecule has 1 aliphatic heterocycles. The lowest BCUT2D eigenvalue weighted by Gasteiger charge is -2.36. The number of nitrogens with zero attached hydrogens (tertiary/aromatic N) is 4. The molecule has 1 amide bonds. The van der Waals surface area contributed by atoms with Gasteiger partial charge in [-0.2, -0.15) is 5.10 Å². The predicted octanol–water partition coefficient (Wildman–Crippen LogP) is 3.23. The summed E-state index contributed by atoms with van der Waals surface area (Å²) in [6.45, 7) is 8.34. The molecule has 1 N–H and O–H groups in total. The van der Waals surface area contributed by atoms with Crippen LogP contribution in [0.3, 0.4) is 0 Å². The van der Waals surface area contributed by atoms with E-state index < -0.39 is 0 Å². The Morgan fingerprint density at radius 3 is 2.59 bits per heavy atom. The topological polar surface area (TPSA) is 63.1 Å². The summed E-state index contributed by atoms with van der Waals surface area (Å²) in [6.07, 6.45) is 2.67. The third kappa shape index (κ3) is 3.93. The first-order valence-corrected chi connectivity index (χ1v) is 10.2. The minimum Gasteiger partial charge on any atom is -0.329 e. The SMILES string of the molecule is CCc1ccc(C2CNCCN2C(=O)c2ccc(-n3nc(C)cc3C)nc2)cc1. The number of nitrogens with one attached hydrogen (secondary N) is 1. The first-order chi connectivity index (χ1) is 14.1. The quantitative estimate of drug-likeness (QED) is 0.744. The second kappa shape index (κ2) is 8.17. The number of amides is 1. The predicted molar refractivity (Wildman–Crippen MR) is 113 cm³/mol. The maximum absolute atomic E-state index is 13.3. The number of benzene rings is 1. The van der Waals surface area contributed by atoms with Gasteiger partial charge >= 0.3 is 0 Å². The Labute approximate surface area is 171 Å². The second-order valence-electron chi connectivity index (χ2n) is 7.56. The molecule has 1 saturated heterocycles. The van der Waals surface area contributed by atoms with E-state index in [1.807, 2.05) is 36.9 Å². The lowest BCUT2D eigenvalue weighted by Crippen LogP contribution is -2.48. The van der Waals surface area contributed by atoms with Crippen molar-refractivity contribution >= 4 is 5.91 Å². The lowest BCUT2D eigenvalue weighted by atomic mass is 10.00. The number of pyridine rings is 1. The van der Waals surface area contributed by atoms with Crippen molar-refractivity contribution in [2.45, 2.75) is 33.2 Å². The molecule has 1 unspecified atom stereocenters. The number of aryl methyl sites for hydroxylation is 3. The van der Waals surface area contributed by atoms with Gasteiger partial charge in [0.05, 0.1) is 17.3 Å². The molecule has 150 valence electrons. The summed E-state index contributed by atoms with van der Waals surface area (Å²) in [5.41, 5.74) is 5.04. The molecular weight excluding hydrogens is 362 g/mol. The van der Waals surface area contributed by atoms with Gasteiger partial charge in [0.1, 0.15) is 0 Å². The zero-order chi connectivity index (χ0) is 20.4. The summed E-state index contributed by atoms with van der Waals surface area (Å²) in [4.78, 5) is 19.7. The first-order valence-electron chi connectivity index (χ1n) is 10.2. The maximum atomic E-state index is 13.3. The zero-order valence-corrected chi connectivity index (χ0v) is 17.2. The van der Waals surface area contributed by atoms with Crippen molar-refractivity contribution in [3.8, 4) is 5.82 Å². The number of hydrogen-bond acceptors (Lipinski definition) is 4.